The van der Waals surface area contributed by atoms with E-state index in [9.17, 15) is 28.8 Å². The zero-order chi connectivity index (χ0) is 105. The molecule has 5 aliphatic rings. The van der Waals surface area contributed by atoms with Crippen molar-refractivity contribution in [2.75, 3.05) is 13.2 Å². The van der Waals surface area contributed by atoms with Crippen LogP contribution in [0.4, 0.5) is 0 Å². The molecule has 0 N–H and O–H groups in total. The standard InChI is InChI=1S/C38H34I3O5S.C34H30I3O5S.C25H17BrIO2S.C25H17ClIO2S/c1-38(25-18-23-17-24(20-25)21-26(38)19-23)46-34(42)22-44-27-7-11-30(12-8-27)47(29-5-3-2-4-6-29)31-13-9-28(10-14-31)45-37(43)35-32(39)15-16-33(40)36(35)41;1-34(20-6-3-7-21-34)42-30(38)22-40-23-10-14-26(15-11-23)43(25-8-4-2-5-9-25)27-16-12-24(13-17-27)41-33(39)31-28(35)18-19-29(36)32(31)37;2*26-23-13-7-12-22(24(23)27)25(28)29-18-14-16-21(17-15-18)30(19-8-3-1-4-9-19)20-10-5-2-6-11-20/h2-16,23-26H,17-22H2,1H3;2,4-5,8-19H,3,6-7,20-22H2,1H3;2*1-17H/q4*+1. The Morgan fingerprint density at radius 3 is 0.867 bits per heavy atom. The minimum atomic E-state index is -0.417. The number of benzene rings is 16. The van der Waals surface area contributed by atoms with Gasteiger partial charge in [-0.05, 0) is 559 Å². The molecule has 5 fully saturated rings. The van der Waals surface area contributed by atoms with Crippen LogP contribution in [0.3, 0.4) is 0 Å². The Morgan fingerprint density at radius 2 is 0.553 bits per heavy atom. The van der Waals surface area contributed by atoms with Gasteiger partial charge in [0.15, 0.2) is 72.0 Å². The highest BCUT2D eigenvalue weighted by Crippen LogP contribution is 2.60. The molecule has 2 atom stereocenters. The van der Waals surface area contributed by atoms with Crippen molar-refractivity contribution in [3.05, 3.63) is 449 Å². The van der Waals surface area contributed by atoms with Crippen molar-refractivity contribution in [3.63, 3.8) is 0 Å². The third-order valence-corrected chi connectivity index (χ3v) is 47.2. The summed E-state index contributed by atoms with van der Waals surface area (Å²) in [5.74, 6) is 3.79. The number of rotatable bonds is 28. The van der Waals surface area contributed by atoms with Gasteiger partial charge in [-0.2, -0.15) is 0 Å². The van der Waals surface area contributed by atoms with Crippen molar-refractivity contribution in [1.82, 2.24) is 0 Å². The molecule has 16 aromatic rings. The first-order valence-corrected chi connectivity index (χ1v) is 63.0. The van der Waals surface area contributed by atoms with E-state index in [1.807, 2.05) is 237 Å². The van der Waals surface area contributed by atoms with E-state index in [2.05, 4.69) is 337 Å². The Kier molecular flexibility index (Phi) is 40.7. The minimum absolute atomic E-state index is 0.0912. The maximum Gasteiger partial charge on any atom is 0.345 e. The Morgan fingerprint density at radius 1 is 0.287 bits per heavy atom. The normalized spacial score (nSPS) is 16.4. The number of hydrogen-bond acceptors (Lipinski definition) is 14. The maximum absolute atomic E-state index is 13.1. The zero-order valence-electron chi connectivity index (χ0n) is 80.9. The van der Waals surface area contributed by atoms with Crippen LogP contribution in [0.25, 0.3) is 0 Å². The number of esters is 6. The van der Waals surface area contributed by atoms with Crippen LogP contribution in [0.5, 0.6) is 34.5 Å². The third-order valence-electron chi connectivity index (χ3n) is 26.0. The van der Waals surface area contributed by atoms with Gasteiger partial charge in [-0.25, -0.2) is 28.8 Å². The van der Waals surface area contributed by atoms with Crippen LogP contribution in [0.1, 0.15) is 119 Å². The molecule has 0 amide bonds. The van der Waals surface area contributed by atoms with Gasteiger partial charge in [-0.3, -0.25) is 0 Å². The topological polar surface area (TPSA) is 176 Å². The summed E-state index contributed by atoms with van der Waals surface area (Å²) in [7, 11) is -1.28. The van der Waals surface area contributed by atoms with Gasteiger partial charge in [0.05, 0.1) is 70.9 Å². The van der Waals surface area contributed by atoms with E-state index in [0.717, 1.165) is 96.4 Å². The Labute approximate surface area is 1010 Å². The summed E-state index contributed by atoms with van der Waals surface area (Å²) in [5, 5.41) is 0.537. The lowest BCUT2D eigenvalue weighted by atomic mass is 9.50. The average molecular weight is 3050 g/mol. The van der Waals surface area contributed by atoms with E-state index >= 15 is 0 Å². The van der Waals surface area contributed by atoms with E-state index in [0.29, 0.717) is 77.2 Å². The molecule has 5 aliphatic carbocycles. The van der Waals surface area contributed by atoms with Crippen LogP contribution in [-0.4, -0.2) is 60.2 Å². The molecule has 150 heavy (non-hydrogen) atoms. The minimum Gasteiger partial charge on any atom is -0.482 e. The monoisotopic (exact) mass is 3040 g/mol. The number of ether oxygens (including phenoxy) is 8. The molecule has 5 saturated carbocycles. The summed E-state index contributed by atoms with van der Waals surface area (Å²) >= 11 is 27.0. The molecule has 28 heteroatoms. The van der Waals surface area contributed by atoms with Gasteiger partial charge in [0.2, 0.25) is 0 Å². The van der Waals surface area contributed by atoms with Crippen LogP contribution in [0, 0.1) is 52.2 Å². The molecule has 21 rings (SSSR count). The first-order valence-electron chi connectivity index (χ1n) is 48.3. The molecule has 2 unspecified atom stereocenters. The van der Waals surface area contributed by atoms with Gasteiger partial charge < -0.3 is 37.9 Å². The van der Waals surface area contributed by atoms with Crippen LogP contribution < -0.4 is 28.4 Å². The third kappa shape index (κ3) is 29.2. The summed E-state index contributed by atoms with van der Waals surface area (Å²) in [6.45, 7) is 3.98. The molecule has 0 spiro atoms. The second-order valence-corrected chi connectivity index (χ2v) is 54.5. The summed E-state index contributed by atoms with van der Waals surface area (Å²) in [6.07, 6.45) is 11.4. The molecule has 4 bridgehead atoms. The highest BCUT2D eigenvalue weighted by molar-refractivity contribution is 14.1. The fourth-order valence-corrected chi connectivity index (χ4v) is 33.5. The predicted octanol–water partition coefficient (Wildman–Crippen LogP) is 34.0. The van der Waals surface area contributed by atoms with Crippen molar-refractivity contribution < 1.29 is 66.7 Å². The molecule has 760 valence electrons. The molecule has 14 nitrogen and oxygen atoms in total. The van der Waals surface area contributed by atoms with Crippen molar-refractivity contribution >= 4 is 288 Å². The lowest BCUT2D eigenvalue weighted by Gasteiger charge is -2.59. The van der Waals surface area contributed by atoms with E-state index in [4.69, 9.17) is 49.5 Å². The van der Waals surface area contributed by atoms with Crippen molar-refractivity contribution in [2.24, 2.45) is 23.7 Å². The van der Waals surface area contributed by atoms with Gasteiger partial charge in [0.25, 0.3) is 0 Å². The van der Waals surface area contributed by atoms with Gasteiger partial charge in [0.1, 0.15) is 45.7 Å². The molecule has 16 aromatic carbocycles. The highest BCUT2D eigenvalue weighted by Gasteiger charge is 2.57. The largest absolute Gasteiger partial charge is 0.482 e. The van der Waals surface area contributed by atoms with Gasteiger partial charge in [-0.15, -0.1) is 0 Å². The molecule has 0 aromatic heterocycles. The fourth-order valence-electron chi connectivity index (χ4n) is 18.8. The molecular formula is C122H98BrClI8O14S4+4. The van der Waals surface area contributed by atoms with Gasteiger partial charge >= 0.3 is 35.8 Å². The van der Waals surface area contributed by atoms with Crippen LogP contribution in [0.15, 0.2) is 451 Å². The lowest BCUT2D eigenvalue weighted by molar-refractivity contribution is -0.204. The quantitative estimate of drug-likeness (QED) is 0.0149. The number of halogens is 10. The predicted molar refractivity (Wildman–Crippen MR) is 666 cm³/mol. The van der Waals surface area contributed by atoms with Crippen molar-refractivity contribution in [3.8, 4) is 34.5 Å². The Balaban J connectivity index is 0.000000139. The average Bonchev–Trinajstić information content (AvgIpc) is 0.730. The van der Waals surface area contributed by atoms with Crippen LogP contribution in [0.2, 0.25) is 5.02 Å². The van der Waals surface area contributed by atoms with E-state index < -0.39 is 27.8 Å². The first kappa shape index (κ1) is 113. The summed E-state index contributed by atoms with van der Waals surface area (Å²) < 4.78 is 54.4. The Hall–Kier alpha value is -8.05. The zero-order valence-corrected chi connectivity index (χ0v) is 104. The smallest absolute Gasteiger partial charge is 0.345 e. The molecule has 0 heterocycles. The second kappa shape index (κ2) is 54.1. The Bertz CT molecular complexity index is 7100. The number of hydrogen-bond donors (Lipinski definition) is 0. The highest BCUT2D eigenvalue weighted by atomic mass is 127. The van der Waals surface area contributed by atoms with Gasteiger partial charge in [0, 0.05) is 33.0 Å². The van der Waals surface area contributed by atoms with Gasteiger partial charge in [-0.1, -0.05) is 139 Å². The fraction of sp³-hybridized carbons (Fsp3) is 0.164. The van der Waals surface area contributed by atoms with Crippen LogP contribution >= 0.6 is 208 Å². The number of carbonyl (C=O) groups excluding carboxylic acids is 6. The first-order chi connectivity index (χ1) is 72.7. The molecule has 0 radical (unpaired) electrons. The van der Waals surface area contributed by atoms with Crippen molar-refractivity contribution in [1.29, 1.82) is 0 Å². The van der Waals surface area contributed by atoms with E-state index in [-0.39, 0.29) is 76.1 Å². The van der Waals surface area contributed by atoms with E-state index in [1.54, 1.807) is 24.3 Å². The number of carbonyl (C=O) groups is 6. The SMILES string of the molecule is CC1(OC(=O)COc2ccc([S+](c3ccccc3)c3ccc(OC(=O)c4c(I)ccc(I)c4I)cc3)cc2)C2CC3CC(C2)CC1C3.CC1(OC(=O)COc2ccc([S+](c3ccccc3)c3ccc(OC(=O)c4c(I)ccc(I)c4I)cc3)cc2)CCCCC1.O=C(Oc1ccc([S+](c2ccccc2)c2ccccc2)cc1)c1cccc(Br)c1I.O=C(Oc1ccc([S+](c2ccccc2)c2ccccc2)cc1)c1cccc(Cl)c1I. The van der Waals surface area contributed by atoms with Crippen molar-refractivity contribution in [2.45, 2.75) is 148 Å². The van der Waals surface area contributed by atoms with E-state index in [1.165, 1.54) is 67.9 Å². The van der Waals surface area contributed by atoms with Crippen LogP contribution in [-0.2, 0) is 62.6 Å². The molecular weight excluding hydrogens is 2950 g/mol. The molecule has 0 aliphatic heterocycles. The summed E-state index contributed by atoms with van der Waals surface area (Å²) in [5.41, 5.74) is 1.44. The maximum atomic E-state index is 13.1. The molecule has 0 saturated heterocycles. The summed E-state index contributed by atoms with van der Waals surface area (Å²) in [6, 6.07) is 128. The lowest BCUT2D eigenvalue weighted by Crippen LogP contribution is -2.58. The second-order valence-electron chi connectivity index (χ2n) is 36.2. The summed E-state index contributed by atoms with van der Waals surface area (Å²) in [4.78, 5) is 90.8.